The lowest BCUT2D eigenvalue weighted by Crippen LogP contribution is -1.90. The van der Waals surface area contributed by atoms with Gasteiger partial charge in [0.2, 0.25) is 0 Å². The van der Waals surface area contributed by atoms with Crippen LogP contribution in [-0.2, 0) is 12.8 Å². The second-order valence-electron chi connectivity index (χ2n) is 3.14. The molecule has 0 amide bonds. The highest BCUT2D eigenvalue weighted by Gasteiger charge is 1.94. The van der Waals surface area contributed by atoms with Crippen molar-refractivity contribution >= 4 is 0 Å². The van der Waals surface area contributed by atoms with Crippen LogP contribution in [0, 0.1) is 0 Å². The van der Waals surface area contributed by atoms with Crippen molar-refractivity contribution in [2.24, 2.45) is 0 Å². The van der Waals surface area contributed by atoms with Crippen molar-refractivity contribution in [1.29, 1.82) is 0 Å². The molecule has 13 heavy (non-hydrogen) atoms. The molecule has 1 heteroatoms. The quantitative estimate of drug-likeness (QED) is 0.683. The Morgan fingerprint density at radius 3 is 2.77 bits per heavy atom. The van der Waals surface area contributed by atoms with Crippen LogP contribution in [0.5, 0.6) is 0 Å². The van der Waals surface area contributed by atoms with Gasteiger partial charge in [0.1, 0.15) is 0 Å². The monoisotopic (exact) mass is 176 g/mol. The van der Waals surface area contributed by atoms with E-state index in [9.17, 15) is 0 Å². The highest BCUT2D eigenvalue weighted by atomic mass is 16.2. The Bertz CT molecular complexity index is 266. The maximum absolute atomic E-state index is 8.68. The summed E-state index contributed by atoms with van der Waals surface area (Å²) in [5.74, 6) is 0. The fourth-order valence-electron chi connectivity index (χ4n) is 1.36. The maximum Gasteiger partial charge on any atom is 0.0434 e. The summed E-state index contributed by atoms with van der Waals surface area (Å²) >= 11 is 0. The SMILES string of the molecule is C=CCc1cccc(CCCO)c1. The van der Waals surface area contributed by atoms with E-state index in [0.717, 1.165) is 19.3 Å². The predicted octanol–water partition coefficient (Wildman–Crippen LogP) is 2.34. The van der Waals surface area contributed by atoms with Crippen LogP contribution >= 0.6 is 0 Å². The van der Waals surface area contributed by atoms with E-state index < -0.39 is 0 Å². The van der Waals surface area contributed by atoms with Gasteiger partial charge >= 0.3 is 0 Å². The molecule has 0 aliphatic rings. The number of hydrogen-bond donors (Lipinski definition) is 1. The lowest BCUT2D eigenvalue weighted by atomic mass is 10.0. The van der Waals surface area contributed by atoms with Gasteiger partial charge in [-0.2, -0.15) is 0 Å². The number of benzene rings is 1. The summed E-state index contributed by atoms with van der Waals surface area (Å²) in [7, 11) is 0. The van der Waals surface area contributed by atoms with Gasteiger partial charge in [-0.05, 0) is 30.4 Å². The first-order chi connectivity index (χ1) is 6.36. The van der Waals surface area contributed by atoms with Crippen LogP contribution < -0.4 is 0 Å². The zero-order valence-electron chi connectivity index (χ0n) is 7.87. The molecular weight excluding hydrogens is 160 g/mol. The molecule has 1 rings (SSSR count). The third kappa shape index (κ3) is 3.43. The summed E-state index contributed by atoms with van der Waals surface area (Å²) in [4.78, 5) is 0. The Balaban J connectivity index is 2.61. The van der Waals surface area contributed by atoms with Crippen LogP contribution in [0.25, 0.3) is 0 Å². The van der Waals surface area contributed by atoms with Gasteiger partial charge in [-0.25, -0.2) is 0 Å². The van der Waals surface area contributed by atoms with Crippen LogP contribution in [0.3, 0.4) is 0 Å². The normalized spacial score (nSPS) is 9.92. The molecule has 0 fully saturated rings. The Morgan fingerprint density at radius 2 is 2.08 bits per heavy atom. The Morgan fingerprint density at radius 1 is 1.31 bits per heavy atom. The molecule has 1 nitrogen and oxygen atoms in total. The molecule has 70 valence electrons. The first-order valence-electron chi connectivity index (χ1n) is 4.66. The van der Waals surface area contributed by atoms with E-state index in [2.05, 4.69) is 30.8 Å². The van der Waals surface area contributed by atoms with Gasteiger partial charge in [0.15, 0.2) is 0 Å². The summed E-state index contributed by atoms with van der Waals surface area (Å²) < 4.78 is 0. The Hall–Kier alpha value is -1.08. The minimum Gasteiger partial charge on any atom is -0.396 e. The summed E-state index contributed by atoms with van der Waals surface area (Å²) in [6.07, 6.45) is 4.64. The third-order valence-corrected chi connectivity index (χ3v) is 1.99. The first-order valence-corrected chi connectivity index (χ1v) is 4.66. The van der Waals surface area contributed by atoms with Crippen molar-refractivity contribution in [3.63, 3.8) is 0 Å². The fourth-order valence-corrected chi connectivity index (χ4v) is 1.36. The van der Waals surface area contributed by atoms with Crippen molar-refractivity contribution in [2.45, 2.75) is 19.3 Å². The third-order valence-electron chi connectivity index (χ3n) is 1.99. The summed E-state index contributed by atoms with van der Waals surface area (Å²) in [6.45, 7) is 3.98. The fraction of sp³-hybridized carbons (Fsp3) is 0.333. The van der Waals surface area contributed by atoms with Crippen molar-refractivity contribution < 1.29 is 5.11 Å². The number of allylic oxidation sites excluding steroid dienone is 1. The van der Waals surface area contributed by atoms with Gasteiger partial charge in [-0.15, -0.1) is 6.58 Å². The van der Waals surface area contributed by atoms with Gasteiger partial charge in [-0.1, -0.05) is 30.3 Å². The molecule has 0 atom stereocenters. The number of hydrogen-bond acceptors (Lipinski definition) is 1. The summed E-state index contributed by atoms with van der Waals surface area (Å²) in [5.41, 5.74) is 2.60. The average Bonchev–Trinajstić information content (AvgIpc) is 2.16. The zero-order chi connectivity index (χ0) is 9.52. The smallest absolute Gasteiger partial charge is 0.0434 e. The number of aryl methyl sites for hydroxylation is 1. The van der Waals surface area contributed by atoms with Crippen molar-refractivity contribution in [3.05, 3.63) is 48.0 Å². The van der Waals surface area contributed by atoms with E-state index in [-0.39, 0.29) is 6.61 Å². The van der Waals surface area contributed by atoms with Crippen LogP contribution in [0.1, 0.15) is 17.5 Å². The molecule has 0 bridgehead atoms. The summed E-state index contributed by atoms with van der Waals surface area (Å²) in [6, 6.07) is 8.44. The van der Waals surface area contributed by atoms with Gasteiger partial charge in [0, 0.05) is 6.61 Å². The molecule has 0 unspecified atom stereocenters. The van der Waals surface area contributed by atoms with Gasteiger partial charge in [0.25, 0.3) is 0 Å². The second-order valence-corrected chi connectivity index (χ2v) is 3.14. The maximum atomic E-state index is 8.68. The molecular formula is C12H16O. The van der Waals surface area contributed by atoms with Crippen molar-refractivity contribution in [3.8, 4) is 0 Å². The van der Waals surface area contributed by atoms with E-state index in [4.69, 9.17) is 5.11 Å². The standard InChI is InChI=1S/C12H16O/c1-2-5-11-6-3-7-12(10-11)8-4-9-13/h2-3,6-7,10,13H,1,4-5,8-9H2. The van der Waals surface area contributed by atoms with E-state index >= 15 is 0 Å². The van der Waals surface area contributed by atoms with Crippen LogP contribution in [0.15, 0.2) is 36.9 Å². The van der Waals surface area contributed by atoms with Crippen LogP contribution in [-0.4, -0.2) is 11.7 Å². The van der Waals surface area contributed by atoms with E-state index in [0.29, 0.717) is 0 Å². The number of aliphatic hydroxyl groups excluding tert-OH is 1. The zero-order valence-corrected chi connectivity index (χ0v) is 7.87. The molecule has 0 heterocycles. The average molecular weight is 176 g/mol. The number of aliphatic hydroxyl groups is 1. The highest BCUT2D eigenvalue weighted by Crippen LogP contribution is 2.08. The molecule has 0 aliphatic carbocycles. The summed E-state index contributed by atoms with van der Waals surface area (Å²) in [5, 5.41) is 8.68. The largest absolute Gasteiger partial charge is 0.396 e. The molecule has 0 saturated heterocycles. The van der Waals surface area contributed by atoms with Crippen LogP contribution in [0.2, 0.25) is 0 Å². The molecule has 0 aliphatic heterocycles. The van der Waals surface area contributed by atoms with Crippen molar-refractivity contribution in [2.75, 3.05) is 6.61 Å². The Kier molecular flexibility index (Phi) is 4.27. The molecule has 0 spiro atoms. The first kappa shape index (κ1) is 10.0. The minimum atomic E-state index is 0.270. The molecule has 1 aromatic carbocycles. The molecule has 0 saturated carbocycles. The van der Waals surface area contributed by atoms with Crippen molar-refractivity contribution in [1.82, 2.24) is 0 Å². The lowest BCUT2D eigenvalue weighted by molar-refractivity contribution is 0.288. The molecule has 1 N–H and O–H groups in total. The number of rotatable bonds is 5. The minimum absolute atomic E-state index is 0.270. The van der Waals surface area contributed by atoms with Crippen LogP contribution in [0.4, 0.5) is 0 Å². The van der Waals surface area contributed by atoms with E-state index in [1.54, 1.807) is 0 Å². The van der Waals surface area contributed by atoms with Gasteiger partial charge < -0.3 is 5.11 Å². The Labute approximate surface area is 79.7 Å². The van der Waals surface area contributed by atoms with Gasteiger partial charge in [-0.3, -0.25) is 0 Å². The molecule has 1 aromatic rings. The van der Waals surface area contributed by atoms with Gasteiger partial charge in [0.05, 0.1) is 0 Å². The highest BCUT2D eigenvalue weighted by molar-refractivity contribution is 5.24. The lowest BCUT2D eigenvalue weighted by Gasteiger charge is -2.02. The topological polar surface area (TPSA) is 20.2 Å². The molecule has 0 aromatic heterocycles. The second kappa shape index (κ2) is 5.55. The van der Waals surface area contributed by atoms with E-state index in [1.165, 1.54) is 11.1 Å². The molecule has 0 radical (unpaired) electrons. The predicted molar refractivity (Wildman–Crippen MR) is 55.7 cm³/mol. The van der Waals surface area contributed by atoms with E-state index in [1.807, 2.05) is 6.08 Å².